The van der Waals surface area contributed by atoms with Gasteiger partial charge in [-0.15, -0.1) is 0 Å². The molecule has 0 aliphatic carbocycles. The van der Waals surface area contributed by atoms with Crippen molar-refractivity contribution in [2.24, 2.45) is 0 Å². The molecule has 7 N–H and O–H groups in total. The van der Waals surface area contributed by atoms with Gasteiger partial charge in [0.1, 0.15) is 22.6 Å². The Kier molecular flexibility index (Phi) is 18.9. The quantitative estimate of drug-likeness (QED) is 0.0564. The van der Waals surface area contributed by atoms with Crippen LogP contribution in [0.3, 0.4) is 0 Å². The zero-order chi connectivity index (χ0) is 47.7. The summed E-state index contributed by atoms with van der Waals surface area (Å²) < 4.78 is 16.0. The number of carbonyl (C=O) groups is 7. The molecule has 17 nitrogen and oxygen atoms in total. The van der Waals surface area contributed by atoms with Crippen LogP contribution in [0.25, 0.3) is 0 Å². The van der Waals surface area contributed by atoms with E-state index in [9.17, 15) is 33.6 Å². The molecule has 0 saturated heterocycles. The molecule has 0 heterocycles. The lowest BCUT2D eigenvalue weighted by Gasteiger charge is -2.35. The first-order valence-corrected chi connectivity index (χ1v) is 21.2. The summed E-state index contributed by atoms with van der Waals surface area (Å²) in [6.45, 7) is 15.6. The van der Waals surface area contributed by atoms with Gasteiger partial charge in [-0.3, -0.25) is 35.1 Å². The molecule has 6 amide bonds. The summed E-state index contributed by atoms with van der Waals surface area (Å²) in [6, 6.07) is 19.9. The first-order valence-electron chi connectivity index (χ1n) is 21.2. The van der Waals surface area contributed by atoms with E-state index >= 15 is 0 Å². The standard InChI is InChI=1S/C47H65N7O10/c1-44(2,3)62-41(59)51-32-15-11-14-31(26-32)27-37(55)20-23-47(54-40(58)30-48-10,24-21-38(56)49-33-16-12-18-35(28-33)52-42(60)63-45(4,5)6)25-22-39(57)50-34-17-13-19-36(29-34)53-43(61)64-46(7,8)9/h11-19,26,28-29,48H,20-25,27,30H2,1-10H3,(H,49,56)(H,50,57)(H,51,59)(H,52,60)(H,53,61)(H,54,58). The van der Waals surface area contributed by atoms with Gasteiger partial charge in [0.2, 0.25) is 17.7 Å². The number of Topliss-reactive ketones (excluding diaryl/α,β-unsaturated/α-hetero) is 1. The van der Waals surface area contributed by atoms with E-state index in [2.05, 4.69) is 37.2 Å². The number of likely N-dealkylation sites (N-methyl/N-ethyl adjacent to an activating group) is 1. The maximum atomic E-state index is 13.6. The molecule has 3 aromatic carbocycles. The van der Waals surface area contributed by atoms with Crippen LogP contribution in [0.2, 0.25) is 0 Å². The molecule has 0 aliphatic heterocycles. The summed E-state index contributed by atoms with van der Waals surface area (Å²) in [4.78, 5) is 91.2. The predicted molar refractivity (Wildman–Crippen MR) is 247 cm³/mol. The van der Waals surface area contributed by atoms with Gasteiger partial charge in [0.25, 0.3) is 0 Å². The van der Waals surface area contributed by atoms with Crippen LogP contribution in [0.15, 0.2) is 72.8 Å². The van der Waals surface area contributed by atoms with Crippen LogP contribution < -0.4 is 37.2 Å². The van der Waals surface area contributed by atoms with Crippen LogP contribution in [-0.2, 0) is 39.8 Å². The number of amides is 6. The van der Waals surface area contributed by atoms with Crippen LogP contribution >= 0.6 is 0 Å². The zero-order valence-electron chi connectivity index (χ0n) is 38.7. The number of carbonyl (C=O) groups excluding carboxylic acids is 7. The maximum Gasteiger partial charge on any atom is 0.412 e. The lowest BCUT2D eigenvalue weighted by Crippen LogP contribution is -2.52. The predicted octanol–water partition coefficient (Wildman–Crippen LogP) is 8.53. The van der Waals surface area contributed by atoms with Gasteiger partial charge in [0.15, 0.2) is 0 Å². The van der Waals surface area contributed by atoms with E-state index in [1.54, 1.807) is 142 Å². The van der Waals surface area contributed by atoms with Gasteiger partial charge in [-0.1, -0.05) is 24.3 Å². The van der Waals surface area contributed by atoms with Crippen molar-refractivity contribution >= 4 is 70.2 Å². The molecule has 0 radical (unpaired) electrons. The Bertz CT molecular complexity index is 1900. The van der Waals surface area contributed by atoms with Crippen molar-refractivity contribution in [2.45, 2.75) is 130 Å². The van der Waals surface area contributed by atoms with Gasteiger partial charge in [-0.05, 0) is 143 Å². The number of ether oxygens (including phenoxy) is 3. The third kappa shape index (κ3) is 21.1. The summed E-state index contributed by atoms with van der Waals surface area (Å²) in [6.07, 6.45) is -2.02. The van der Waals surface area contributed by atoms with E-state index in [-0.39, 0.29) is 57.3 Å². The third-order valence-electron chi connectivity index (χ3n) is 8.84. The van der Waals surface area contributed by atoms with Crippen molar-refractivity contribution in [3.8, 4) is 0 Å². The molecule has 0 bridgehead atoms. The monoisotopic (exact) mass is 887 g/mol. The molecule has 0 aromatic heterocycles. The van der Waals surface area contributed by atoms with E-state index in [0.717, 1.165) is 0 Å². The van der Waals surface area contributed by atoms with E-state index in [1.807, 2.05) is 0 Å². The Morgan fingerprint density at radius 2 is 0.828 bits per heavy atom. The second-order valence-corrected chi connectivity index (χ2v) is 18.4. The topological polar surface area (TPSA) is 231 Å². The van der Waals surface area contributed by atoms with Gasteiger partial charge >= 0.3 is 18.3 Å². The summed E-state index contributed by atoms with van der Waals surface area (Å²) in [5.41, 5.74) is -0.692. The first kappa shape index (κ1) is 51.9. The molecule has 0 aliphatic rings. The summed E-state index contributed by atoms with van der Waals surface area (Å²) in [5, 5.41) is 19.5. The second-order valence-electron chi connectivity index (χ2n) is 18.4. The Balaban J connectivity index is 1.83. The summed E-state index contributed by atoms with van der Waals surface area (Å²) >= 11 is 0. The van der Waals surface area contributed by atoms with Crippen molar-refractivity contribution in [1.82, 2.24) is 10.6 Å². The number of hydrogen-bond acceptors (Lipinski definition) is 11. The normalized spacial score (nSPS) is 11.7. The highest BCUT2D eigenvalue weighted by Gasteiger charge is 2.34. The van der Waals surface area contributed by atoms with E-state index in [4.69, 9.17) is 14.2 Å². The van der Waals surface area contributed by atoms with Crippen LogP contribution in [0.5, 0.6) is 0 Å². The lowest BCUT2D eigenvalue weighted by atomic mass is 9.82. The molecule has 17 heteroatoms. The molecular weight excluding hydrogens is 823 g/mol. The zero-order valence-corrected chi connectivity index (χ0v) is 38.7. The van der Waals surface area contributed by atoms with Gasteiger partial charge in [-0.2, -0.15) is 0 Å². The largest absolute Gasteiger partial charge is 0.444 e. The van der Waals surface area contributed by atoms with Gasteiger partial charge in [0, 0.05) is 59.7 Å². The number of benzene rings is 3. The fraction of sp³-hybridized carbons (Fsp3) is 0.468. The Morgan fingerprint density at radius 3 is 1.22 bits per heavy atom. The van der Waals surface area contributed by atoms with Gasteiger partial charge in [0.05, 0.1) is 6.54 Å². The highest BCUT2D eigenvalue weighted by Crippen LogP contribution is 2.29. The smallest absolute Gasteiger partial charge is 0.412 e. The second kappa shape index (κ2) is 23.3. The minimum Gasteiger partial charge on any atom is -0.444 e. The molecule has 64 heavy (non-hydrogen) atoms. The van der Waals surface area contributed by atoms with Crippen LogP contribution in [0.1, 0.15) is 106 Å². The highest BCUT2D eigenvalue weighted by molar-refractivity contribution is 5.94. The van der Waals surface area contributed by atoms with Crippen molar-refractivity contribution in [3.63, 3.8) is 0 Å². The number of rotatable bonds is 19. The molecule has 3 aromatic rings. The minimum atomic E-state index is -1.21. The van der Waals surface area contributed by atoms with E-state index in [1.165, 1.54) is 0 Å². The summed E-state index contributed by atoms with van der Waals surface area (Å²) in [5.74, 6) is -1.42. The third-order valence-corrected chi connectivity index (χ3v) is 8.84. The summed E-state index contributed by atoms with van der Waals surface area (Å²) in [7, 11) is 1.61. The van der Waals surface area contributed by atoms with Crippen molar-refractivity contribution in [1.29, 1.82) is 0 Å². The fourth-order valence-electron chi connectivity index (χ4n) is 6.28. The van der Waals surface area contributed by atoms with Crippen molar-refractivity contribution in [2.75, 3.05) is 40.2 Å². The van der Waals surface area contributed by atoms with Crippen molar-refractivity contribution in [3.05, 3.63) is 78.4 Å². The maximum absolute atomic E-state index is 13.6. The molecule has 0 saturated carbocycles. The van der Waals surface area contributed by atoms with Gasteiger partial charge < -0.3 is 35.5 Å². The fourth-order valence-corrected chi connectivity index (χ4v) is 6.28. The van der Waals surface area contributed by atoms with Crippen molar-refractivity contribution < 1.29 is 47.8 Å². The average molecular weight is 888 g/mol. The number of ketones is 1. The number of nitrogens with one attached hydrogen (secondary N) is 7. The van der Waals surface area contributed by atoms with Crippen LogP contribution in [0.4, 0.5) is 42.8 Å². The highest BCUT2D eigenvalue weighted by atomic mass is 16.6. The molecule has 0 atom stereocenters. The molecule has 3 rings (SSSR count). The van der Waals surface area contributed by atoms with E-state index in [0.29, 0.717) is 34.0 Å². The van der Waals surface area contributed by atoms with Crippen LogP contribution in [-0.4, -0.2) is 77.7 Å². The number of hydrogen-bond donors (Lipinski definition) is 7. The average Bonchev–Trinajstić information content (AvgIpc) is 3.13. The Hall–Kier alpha value is -6.49. The molecule has 348 valence electrons. The minimum absolute atomic E-state index is 0.00664. The molecule has 0 fully saturated rings. The SMILES string of the molecule is CNCC(=O)NC(CCC(=O)Cc1cccc(NC(=O)OC(C)(C)C)c1)(CCC(=O)Nc1cccc(NC(=O)OC(C)(C)C)c1)CCC(=O)Nc1cccc(NC(=O)OC(C)(C)C)c1. The van der Waals surface area contributed by atoms with Crippen LogP contribution in [0, 0.1) is 0 Å². The molecule has 0 spiro atoms. The van der Waals surface area contributed by atoms with E-state index < -0.39 is 58.3 Å². The number of anilines is 5. The molecular formula is C47H65N7O10. The lowest BCUT2D eigenvalue weighted by molar-refractivity contribution is -0.125. The van der Waals surface area contributed by atoms with Gasteiger partial charge in [-0.25, -0.2) is 14.4 Å². The Morgan fingerprint density at radius 1 is 0.469 bits per heavy atom. The molecule has 0 unspecified atom stereocenters. The Labute approximate surface area is 375 Å². The first-order chi connectivity index (χ1) is 29.8.